The number of para-hydroxylation sites is 3. The normalized spacial score (nSPS) is 11.6. The Labute approximate surface area is 252 Å². The fourth-order valence-corrected chi connectivity index (χ4v) is 6.11. The Kier molecular flexibility index (Phi) is 5.43. The zero-order valence-electron chi connectivity index (χ0n) is 23.4. The summed E-state index contributed by atoms with van der Waals surface area (Å²) >= 11 is 0. The molecule has 0 aliphatic carbocycles. The van der Waals surface area contributed by atoms with Crippen molar-refractivity contribution in [3.8, 4) is 45.3 Å². The molecule has 9 aromatic rings. The number of aromatic nitrogens is 3. The van der Waals surface area contributed by atoms with E-state index in [4.69, 9.17) is 23.8 Å². The van der Waals surface area contributed by atoms with Crippen molar-refractivity contribution in [2.24, 2.45) is 0 Å². The summed E-state index contributed by atoms with van der Waals surface area (Å²) < 4.78 is 13.1. The Hall–Kier alpha value is -6.07. The van der Waals surface area contributed by atoms with Gasteiger partial charge in [-0.25, -0.2) is 15.0 Å². The minimum absolute atomic E-state index is 0.586. The molecule has 206 valence electrons. The predicted octanol–water partition coefficient (Wildman–Crippen LogP) is 10.3. The maximum Gasteiger partial charge on any atom is 0.164 e. The number of benzene rings is 6. The van der Waals surface area contributed by atoms with Crippen LogP contribution in [0.4, 0.5) is 0 Å². The molecule has 0 aliphatic heterocycles. The van der Waals surface area contributed by atoms with E-state index in [2.05, 4.69) is 42.5 Å². The second kappa shape index (κ2) is 9.75. The van der Waals surface area contributed by atoms with Crippen LogP contribution in [0.25, 0.3) is 89.2 Å². The zero-order valence-corrected chi connectivity index (χ0v) is 23.4. The van der Waals surface area contributed by atoms with Crippen molar-refractivity contribution in [3.05, 3.63) is 140 Å². The highest BCUT2D eigenvalue weighted by atomic mass is 16.3. The molecule has 3 aromatic heterocycles. The molecule has 0 radical (unpaired) electrons. The molecule has 0 spiro atoms. The summed E-state index contributed by atoms with van der Waals surface area (Å²) in [6.45, 7) is 0. The molecule has 5 heteroatoms. The zero-order chi connectivity index (χ0) is 29.0. The van der Waals surface area contributed by atoms with Crippen LogP contribution in [-0.2, 0) is 0 Å². The van der Waals surface area contributed by atoms with E-state index in [1.807, 2.05) is 97.1 Å². The predicted molar refractivity (Wildman–Crippen MR) is 176 cm³/mol. The molecule has 0 bridgehead atoms. The Balaban J connectivity index is 1.34. The molecule has 0 amide bonds. The Morgan fingerprint density at radius 3 is 1.55 bits per heavy atom. The third kappa shape index (κ3) is 3.83. The molecule has 9 rings (SSSR count). The van der Waals surface area contributed by atoms with Gasteiger partial charge in [0.25, 0.3) is 0 Å². The molecule has 0 atom stereocenters. The Bertz CT molecular complexity index is 2440. The van der Waals surface area contributed by atoms with Gasteiger partial charge >= 0.3 is 0 Å². The number of fused-ring (bicyclic) bond motifs is 6. The third-order valence-corrected chi connectivity index (χ3v) is 8.16. The summed E-state index contributed by atoms with van der Waals surface area (Å²) in [5.74, 6) is 1.82. The average molecular weight is 566 g/mol. The lowest BCUT2D eigenvalue weighted by molar-refractivity contribution is 0.665. The maximum absolute atomic E-state index is 6.64. The molecular formula is C39H23N3O2. The molecule has 5 nitrogen and oxygen atoms in total. The van der Waals surface area contributed by atoms with E-state index >= 15 is 0 Å². The van der Waals surface area contributed by atoms with Crippen LogP contribution in [0.2, 0.25) is 0 Å². The first kappa shape index (κ1) is 24.5. The second-order valence-electron chi connectivity index (χ2n) is 10.8. The van der Waals surface area contributed by atoms with Crippen molar-refractivity contribution in [3.63, 3.8) is 0 Å². The topological polar surface area (TPSA) is 65.0 Å². The van der Waals surface area contributed by atoms with Crippen molar-refractivity contribution in [1.82, 2.24) is 15.0 Å². The quantitative estimate of drug-likeness (QED) is 0.212. The van der Waals surface area contributed by atoms with E-state index in [0.717, 1.165) is 71.7 Å². The van der Waals surface area contributed by atoms with Crippen LogP contribution in [0.5, 0.6) is 0 Å². The van der Waals surface area contributed by atoms with Gasteiger partial charge in [0.05, 0.1) is 0 Å². The minimum atomic E-state index is 0.586. The molecule has 0 aliphatic rings. The number of furan rings is 2. The second-order valence-corrected chi connectivity index (χ2v) is 10.8. The van der Waals surface area contributed by atoms with Crippen LogP contribution in [0.3, 0.4) is 0 Å². The molecule has 0 saturated heterocycles. The number of hydrogen-bond acceptors (Lipinski definition) is 5. The molecule has 0 unspecified atom stereocenters. The average Bonchev–Trinajstić information content (AvgIpc) is 3.68. The van der Waals surface area contributed by atoms with Gasteiger partial charge in [0.1, 0.15) is 22.3 Å². The van der Waals surface area contributed by atoms with Crippen LogP contribution in [0.15, 0.2) is 148 Å². The molecule has 0 saturated carbocycles. The van der Waals surface area contributed by atoms with Crippen LogP contribution in [0.1, 0.15) is 0 Å². The highest BCUT2D eigenvalue weighted by molar-refractivity contribution is 6.18. The van der Waals surface area contributed by atoms with Crippen LogP contribution >= 0.6 is 0 Å². The van der Waals surface area contributed by atoms with E-state index in [-0.39, 0.29) is 0 Å². The monoisotopic (exact) mass is 565 g/mol. The highest BCUT2D eigenvalue weighted by Gasteiger charge is 2.22. The lowest BCUT2D eigenvalue weighted by Crippen LogP contribution is -2.00. The van der Waals surface area contributed by atoms with Gasteiger partial charge in [-0.05, 0) is 24.3 Å². The minimum Gasteiger partial charge on any atom is -0.455 e. The molecule has 44 heavy (non-hydrogen) atoms. The number of hydrogen-bond donors (Lipinski definition) is 0. The summed E-state index contributed by atoms with van der Waals surface area (Å²) in [4.78, 5) is 15.0. The summed E-state index contributed by atoms with van der Waals surface area (Å²) in [5.41, 5.74) is 7.91. The van der Waals surface area contributed by atoms with Gasteiger partial charge in [-0.3, -0.25) is 0 Å². The van der Waals surface area contributed by atoms with E-state index in [1.165, 1.54) is 0 Å². The smallest absolute Gasteiger partial charge is 0.164 e. The molecule has 6 aromatic carbocycles. The fraction of sp³-hybridized carbons (Fsp3) is 0. The van der Waals surface area contributed by atoms with Crippen LogP contribution in [0, 0.1) is 0 Å². The van der Waals surface area contributed by atoms with Crippen molar-refractivity contribution in [1.29, 1.82) is 0 Å². The summed E-state index contributed by atoms with van der Waals surface area (Å²) in [5, 5.41) is 4.12. The van der Waals surface area contributed by atoms with E-state index in [9.17, 15) is 0 Å². The standard InChI is InChI=1S/C39H23N3O2/c1-3-12-24(13-4-1)37-40-38(25-14-5-2-6-15-25)42-39(41-37)31-23-22-29(36-34(31)30-17-8-10-21-33(30)44-36)28-19-11-18-27-26-16-7-9-20-32(26)43-35(27)28/h1-23H. The first-order valence-corrected chi connectivity index (χ1v) is 14.5. The fourth-order valence-electron chi connectivity index (χ4n) is 6.11. The summed E-state index contributed by atoms with van der Waals surface area (Å²) in [7, 11) is 0. The molecule has 0 fully saturated rings. The van der Waals surface area contributed by atoms with Gasteiger partial charge in [-0.15, -0.1) is 0 Å². The van der Waals surface area contributed by atoms with E-state index in [0.29, 0.717) is 17.5 Å². The lowest BCUT2D eigenvalue weighted by atomic mass is 9.96. The lowest BCUT2D eigenvalue weighted by Gasteiger charge is -2.11. The molecular weight excluding hydrogens is 542 g/mol. The summed E-state index contributed by atoms with van der Waals surface area (Å²) in [6, 6.07) is 46.8. The van der Waals surface area contributed by atoms with Gasteiger partial charge in [-0.1, -0.05) is 115 Å². The van der Waals surface area contributed by atoms with Gasteiger partial charge in [0.2, 0.25) is 0 Å². The van der Waals surface area contributed by atoms with Crippen LogP contribution < -0.4 is 0 Å². The van der Waals surface area contributed by atoms with Gasteiger partial charge < -0.3 is 8.83 Å². The van der Waals surface area contributed by atoms with Crippen molar-refractivity contribution >= 4 is 43.9 Å². The maximum atomic E-state index is 6.64. The number of rotatable bonds is 4. The number of nitrogens with zero attached hydrogens (tertiary/aromatic N) is 3. The van der Waals surface area contributed by atoms with E-state index in [1.54, 1.807) is 0 Å². The first-order valence-electron chi connectivity index (χ1n) is 14.5. The molecule has 3 heterocycles. The van der Waals surface area contributed by atoms with Gasteiger partial charge in [-0.2, -0.15) is 0 Å². The van der Waals surface area contributed by atoms with Gasteiger partial charge in [0.15, 0.2) is 17.5 Å². The summed E-state index contributed by atoms with van der Waals surface area (Å²) in [6.07, 6.45) is 0. The highest BCUT2D eigenvalue weighted by Crippen LogP contribution is 2.44. The Morgan fingerprint density at radius 2 is 0.841 bits per heavy atom. The third-order valence-electron chi connectivity index (χ3n) is 8.16. The van der Waals surface area contributed by atoms with Crippen LogP contribution in [-0.4, -0.2) is 15.0 Å². The molecule has 0 N–H and O–H groups in total. The van der Waals surface area contributed by atoms with Crippen molar-refractivity contribution < 1.29 is 8.83 Å². The van der Waals surface area contributed by atoms with E-state index < -0.39 is 0 Å². The van der Waals surface area contributed by atoms with Gasteiger partial charge in [0, 0.05) is 49.4 Å². The Morgan fingerprint density at radius 1 is 0.341 bits per heavy atom. The van der Waals surface area contributed by atoms with Crippen molar-refractivity contribution in [2.45, 2.75) is 0 Å². The SMILES string of the molecule is c1ccc(-c2nc(-c3ccccc3)nc(-c3ccc(-c4cccc5c4oc4ccccc45)c4oc5ccccc5c34)n2)cc1. The van der Waals surface area contributed by atoms with Crippen molar-refractivity contribution in [2.75, 3.05) is 0 Å². The first-order chi connectivity index (χ1) is 21.8. The largest absolute Gasteiger partial charge is 0.455 e.